The van der Waals surface area contributed by atoms with Crippen LogP contribution >= 0.6 is 0 Å². The summed E-state index contributed by atoms with van der Waals surface area (Å²) in [6.45, 7) is 5.96. The summed E-state index contributed by atoms with van der Waals surface area (Å²) in [6.07, 6.45) is 5.06. The summed E-state index contributed by atoms with van der Waals surface area (Å²) in [6, 6.07) is 13.4. The molecule has 182 valence electrons. The molecule has 1 saturated heterocycles. The van der Waals surface area contributed by atoms with Crippen LogP contribution in [0.2, 0.25) is 0 Å². The maximum Gasteiger partial charge on any atom is 0.238 e. The van der Waals surface area contributed by atoms with Crippen LogP contribution in [-0.4, -0.2) is 62.7 Å². The number of anilines is 3. The van der Waals surface area contributed by atoms with E-state index in [-0.39, 0.29) is 24.9 Å². The molecule has 8 nitrogen and oxygen atoms in total. The van der Waals surface area contributed by atoms with Gasteiger partial charge in [-0.25, -0.2) is 0 Å². The Kier molecular flexibility index (Phi) is 8.25. The van der Waals surface area contributed by atoms with Gasteiger partial charge in [0, 0.05) is 36.2 Å². The SMILES string of the molecule is CCN(CC(=O)Nc1ccc(N2CCCCCC2)cc1)CC(=O)Nc1ccc2c(c1)OCCO2. The molecule has 0 saturated carbocycles. The molecule has 2 aromatic carbocycles. The molecule has 0 aliphatic carbocycles. The van der Waals surface area contributed by atoms with E-state index in [0.29, 0.717) is 36.9 Å². The van der Waals surface area contributed by atoms with E-state index in [1.54, 1.807) is 23.1 Å². The van der Waals surface area contributed by atoms with Crippen molar-refractivity contribution < 1.29 is 19.1 Å². The molecule has 2 amide bonds. The summed E-state index contributed by atoms with van der Waals surface area (Å²) in [5, 5.41) is 5.81. The summed E-state index contributed by atoms with van der Waals surface area (Å²) in [5.41, 5.74) is 2.60. The first-order valence-corrected chi connectivity index (χ1v) is 12.2. The van der Waals surface area contributed by atoms with Crippen LogP contribution in [0, 0.1) is 0 Å². The average Bonchev–Trinajstić information content (AvgIpc) is 3.13. The standard InChI is InChI=1S/C26H34N4O4/c1-2-29(19-26(32)28-21-9-12-23-24(17-21)34-16-15-33-23)18-25(31)27-20-7-10-22(11-8-20)30-13-5-3-4-6-14-30/h7-12,17H,2-6,13-16,18-19H2,1H3,(H,27,31)(H,28,32). The fraction of sp³-hybridized carbons (Fsp3) is 0.462. The van der Waals surface area contributed by atoms with Crippen LogP contribution in [0.3, 0.4) is 0 Å². The van der Waals surface area contributed by atoms with Crippen LogP contribution < -0.4 is 25.0 Å². The van der Waals surface area contributed by atoms with Crippen molar-refractivity contribution in [1.29, 1.82) is 0 Å². The second kappa shape index (κ2) is 11.7. The highest BCUT2D eigenvalue weighted by Crippen LogP contribution is 2.32. The van der Waals surface area contributed by atoms with Gasteiger partial charge in [0.2, 0.25) is 11.8 Å². The van der Waals surface area contributed by atoms with Crippen molar-refractivity contribution in [2.75, 3.05) is 61.5 Å². The van der Waals surface area contributed by atoms with Crippen LogP contribution in [0.25, 0.3) is 0 Å². The molecule has 0 aromatic heterocycles. The molecule has 2 N–H and O–H groups in total. The number of likely N-dealkylation sites (N-methyl/N-ethyl adjacent to an activating group) is 1. The first-order valence-electron chi connectivity index (χ1n) is 12.2. The predicted molar refractivity (Wildman–Crippen MR) is 134 cm³/mol. The Hall–Kier alpha value is -3.26. The number of hydrogen-bond acceptors (Lipinski definition) is 6. The fourth-order valence-electron chi connectivity index (χ4n) is 4.29. The number of nitrogens with one attached hydrogen (secondary N) is 2. The Morgan fingerprint density at radius 1 is 0.824 bits per heavy atom. The monoisotopic (exact) mass is 466 g/mol. The van der Waals surface area contributed by atoms with Gasteiger partial charge in [-0.05, 0) is 55.8 Å². The van der Waals surface area contributed by atoms with E-state index in [1.807, 2.05) is 19.1 Å². The third-order valence-electron chi connectivity index (χ3n) is 6.13. The summed E-state index contributed by atoms with van der Waals surface area (Å²) in [4.78, 5) is 29.3. The Bertz CT molecular complexity index is 971. The minimum Gasteiger partial charge on any atom is -0.486 e. The molecule has 4 rings (SSSR count). The highest BCUT2D eigenvalue weighted by molar-refractivity contribution is 5.95. The van der Waals surface area contributed by atoms with E-state index >= 15 is 0 Å². The Morgan fingerprint density at radius 2 is 1.41 bits per heavy atom. The zero-order valence-electron chi connectivity index (χ0n) is 19.8. The van der Waals surface area contributed by atoms with Crippen LogP contribution in [0.4, 0.5) is 17.1 Å². The third-order valence-corrected chi connectivity index (χ3v) is 6.13. The summed E-state index contributed by atoms with van der Waals surface area (Å²) in [5.74, 6) is 0.970. The van der Waals surface area contributed by atoms with Gasteiger partial charge in [-0.1, -0.05) is 19.8 Å². The molecule has 34 heavy (non-hydrogen) atoms. The molecule has 0 radical (unpaired) electrons. The average molecular weight is 467 g/mol. The summed E-state index contributed by atoms with van der Waals surface area (Å²) < 4.78 is 11.1. The molecule has 2 aliphatic heterocycles. The van der Waals surface area contributed by atoms with Crippen molar-refractivity contribution in [2.45, 2.75) is 32.6 Å². The second-order valence-electron chi connectivity index (χ2n) is 8.71. The zero-order chi connectivity index (χ0) is 23.8. The smallest absolute Gasteiger partial charge is 0.238 e. The largest absolute Gasteiger partial charge is 0.486 e. The highest BCUT2D eigenvalue weighted by atomic mass is 16.6. The van der Waals surface area contributed by atoms with E-state index in [0.717, 1.165) is 18.8 Å². The minimum atomic E-state index is -0.187. The number of nitrogens with zero attached hydrogens (tertiary/aromatic N) is 2. The van der Waals surface area contributed by atoms with Gasteiger partial charge >= 0.3 is 0 Å². The van der Waals surface area contributed by atoms with Gasteiger partial charge in [-0.2, -0.15) is 0 Å². The number of amides is 2. The normalized spacial score (nSPS) is 15.5. The van der Waals surface area contributed by atoms with Crippen molar-refractivity contribution in [1.82, 2.24) is 4.90 Å². The number of carbonyl (C=O) groups is 2. The summed E-state index contributed by atoms with van der Waals surface area (Å²) >= 11 is 0. The minimum absolute atomic E-state index is 0.117. The van der Waals surface area contributed by atoms with Gasteiger partial charge in [0.25, 0.3) is 0 Å². The topological polar surface area (TPSA) is 83.1 Å². The third kappa shape index (κ3) is 6.63. The predicted octanol–water partition coefficient (Wildman–Crippen LogP) is 3.74. The molecule has 0 unspecified atom stereocenters. The van der Waals surface area contributed by atoms with Crippen LogP contribution in [0.5, 0.6) is 11.5 Å². The Morgan fingerprint density at radius 3 is 2.06 bits per heavy atom. The van der Waals surface area contributed by atoms with Crippen molar-refractivity contribution in [3.8, 4) is 11.5 Å². The number of ether oxygens (including phenoxy) is 2. The van der Waals surface area contributed by atoms with Gasteiger partial charge in [-0.15, -0.1) is 0 Å². The molecular formula is C26H34N4O4. The van der Waals surface area contributed by atoms with Crippen LogP contribution in [0.15, 0.2) is 42.5 Å². The number of hydrogen-bond donors (Lipinski definition) is 2. The Balaban J connectivity index is 1.25. The first kappa shape index (κ1) is 23.9. The van der Waals surface area contributed by atoms with E-state index in [2.05, 4.69) is 27.7 Å². The Labute approximate surface area is 201 Å². The van der Waals surface area contributed by atoms with Gasteiger partial charge in [-0.3, -0.25) is 14.5 Å². The van der Waals surface area contributed by atoms with Gasteiger partial charge in [0.1, 0.15) is 13.2 Å². The lowest BCUT2D eigenvalue weighted by Gasteiger charge is -2.23. The van der Waals surface area contributed by atoms with Crippen molar-refractivity contribution in [3.63, 3.8) is 0 Å². The molecule has 2 heterocycles. The lowest BCUT2D eigenvalue weighted by atomic mass is 10.2. The van der Waals surface area contributed by atoms with Crippen molar-refractivity contribution >= 4 is 28.9 Å². The van der Waals surface area contributed by atoms with E-state index in [4.69, 9.17) is 9.47 Å². The molecule has 0 atom stereocenters. The van der Waals surface area contributed by atoms with Crippen molar-refractivity contribution in [2.24, 2.45) is 0 Å². The lowest BCUT2D eigenvalue weighted by Crippen LogP contribution is -2.38. The molecule has 2 aliphatic rings. The maximum absolute atomic E-state index is 12.6. The number of carbonyl (C=O) groups excluding carboxylic acids is 2. The lowest BCUT2D eigenvalue weighted by molar-refractivity contribution is -0.119. The van der Waals surface area contributed by atoms with Gasteiger partial charge < -0.3 is 25.0 Å². The van der Waals surface area contributed by atoms with E-state index < -0.39 is 0 Å². The van der Waals surface area contributed by atoms with Gasteiger partial charge in [0.15, 0.2) is 11.5 Å². The molecule has 0 bridgehead atoms. The van der Waals surface area contributed by atoms with Crippen molar-refractivity contribution in [3.05, 3.63) is 42.5 Å². The summed E-state index contributed by atoms with van der Waals surface area (Å²) in [7, 11) is 0. The number of rotatable bonds is 8. The second-order valence-corrected chi connectivity index (χ2v) is 8.71. The molecule has 2 aromatic rings. The molecular weight excluding hydrogens is 432 g/mol. The quantitative estimate of drug-likeness (QED) is 0.617. The fourth-order valence-corrected chi connectivity index (χ4v) is 4.29. The number of fused-ring (bicyclic) bond motifs is 1. The highest BCUT2D eigenvalue weighted by Gasteiger charge is 2.16. The maximum atomic E-state index is 12.6. The number of benzene rings is 2. The van der Waals surface area contributed by atoms with Gasteiger partial charge in [0.05, 0.1) is 13.1 Å². The van der Waals surface area contributed by atoms with Crippen LogP contribution in [0.1, 0.15) is 32.6 Å². The molecule has 0 spiro atoms. The first-order chi connectivity index (χ1) is 16.6. The van der Waals surface area contributed by atoms with E-state index in [1.165, 1.54) is 31.4 Å². The molecule has 8 heteroatoms. The zero-order valence-corrected chi connectivity index (χ0v) is 19.8. The molecule has 1 fully saturated rings. The van der Waals surface area contributed by atoms with E-state index in [9.17, 15) is 9.59 Å². The van der Waals surface area contributed by atoms with Crippen LogP contribution in [-0.2, 0) is 9.59 Å².